The van der Waals surface area contributed by atoms with Crippen molar-refractivity contribution in [3.05, 3.63) is 107 Å². The Morgan fingerprint density at radius 3 is 2.59 bits per heavy atom. The van der Waals surface area contributed by atoms with E-state index >= 15 is 0 Å². The number of para-hydroxylation sites is 1. The van der Waals surface area contributed by atoms with Gasteiger partial charge >= 0.3 is 5.97 Å². The van der Waals surface area contributed by atoms with Crippen molar-refractivity contribution in [3.63, 3.8) is 0 Å². The van der Waals surface area contributed by atoms with Crippen molar-refractivity contribution >= 4 is 46.3 Å². The van der Waals surface area contributed by atoms with Crippen LogP contribution >= 0.6 is 24.0 Å². The average molecular weight is 556 g/mol. The Bertz CT molecular complexity index is 1560. The van der Waals surface area contributed by atoms with Crippen LogP contribution in [-0.4, -0.2) is 42.5 Å². The van der Waals surface area contributed by atoms with E-state index in [1.165, 1.54) is 10.5 Å². The van der Waals surface area contributed by atoms with Gasteiger partial charge in [-0.25, -0.2) is 4.68 Å². The second-order valence-electron chi connectivity index (χ2n) is 8.99. The number of aryl methyl sites for hydroxylation is 1. The number of thiocarbonyl (C=S) groups is 1. The van der Waals surface area contributed by atoms with E-state index in [1.54, 1.807) is 10.8 Å². The molecule has 0 atom stereocenters. The Morgan fingerprint density at radius 1 is 1.08 bits per heavy atom. The Kier molecular flexibility index (Phi) is 7.90. The van der Waals surface area contributed by atoms with Crippen molar-refractivity contribution < 1.29 is 19.4 Å². The lowest BCUT2D eigenvalue weighted by Gasteiger charge is -2.12. The highest BCUT2D eigenvalue weighted by Crippen LogP contribution is 2.35. The Morgan fingerprint density at radius 2 is 1.85 bits per heavy atom. The van der Waals surface area contributed by atoms with Gasteiger partial charge in [0.15, 0.2) is 0 Å². The maximum atomic E-state index is 13.1. The third-order valence-electron chi connectivity index (χ3n) is 6.11. The van der Waals surface area contributed by atoms with Gasteiger partial charge in [0.2, 0.25) is 0 Å². The van der Waals surface area contributed by atoms with Crippen molar-refractivity contribution in [1.82, 2.24) is 14.7 Å². The number of benzene rings is 3. The van der Waals surface area contributed by atoms with Crippen LogP contribution in [0.3, 0.4) is 0 Å². The highest BCUT2D eigenvalue weighted by atomic mass is 32.2. The second-order valence-corrected chi connectivity index (χ2v) is 10.7. The van der Waals surface area contributed by atoms with Gasteiger partial charge in [0.1, 0.15) is 22.4 Å². The molecule has 9 heteroatoms. The first-order valence-electron chi connectivity index (χ1n) is 12.3. The molecular formula is C30H25N3O4S2. The number of nitrogens with zero attached hydrogens (tertiary/aromatic N) is 3. The fourth-order valence-corrected chi connectivity index (χ4v) is 5.36. The summed E-state index contributed by atoms with van der Waals surface area (Å²) in [5.74, 6) is -0.586. The van der Waals surface area contributed by atoms with E-state index in [4.69, 9.17) is 27.2 Å². The second kappa shape index (κ2) is 11.7. The molecule has 0 unspecified atom stereocenters. The summed E-state index contributed by atoms with van der Waals surface area (Å²) >= 11 is 6.52. The fourth-order valence-electron chi connectivity index (χ4n) is 4.06. The predicted molar refractivity (Wildman–Crippen MR) is 157 cm³/mol. The summed E-state index contributed by atoms with van der Waals surface area (Å²) in [7, 11) is 0. The summed E-state index contributed by atoms with van der Waals surface area (Å²) in [5, 5.41) is 13.9. The zero-order valence-corrected chi connectivity index (χ0v) is 22.7. The number of aromatic nitrogens is 2. The Labute approximate surface area is 235 Å². The molecule has 1 aliphatic rings. The van der Waals surface area contributed by atoms with Gasteiger partial charge in [0, 0.05) is 23.9 Å². The summed E-state index contributed by atoms with van der Waals surface area (Å²) in [6.45, 7) is 2.52. The van der Waals surface area contributed by atoms with Crippen molar-refractivity contribution in [1.29, 1.82) is 0 Å². The van der Waals surface area contributed by atoms with E-state index in [1.807, 2.05) is 79.9 Å². The van der Waals surface area contributed by atoms with E-state index in [9.17, 15) is 9.59 Å². The number of aliphatic carboxylic acids is 1. The highest BCUT2D eigenvalue weighted by molar-refractivity contribution is 8.26. The van der Waals surface area contributed by atoms with Crippen molar-refractivity contribution in [2.45, 2.75) is 20.0 Å². The number of carboxylic acid groups (broad SMARTS) is 1. The molecule has 196 valence electrons. The third kappa shape index (κ3) is 6.27. The van der Waals surface area contributed by atoms with E-state index in [0.717, 1.165) is 34.1 Å². The average Bonchev–Trinajstić information content (AvgIpc) is 3.48. The molecule has 1 N–H and O–H groups in total. The maximum Gasteiger partial charge on any atom is 0.305 e. The van der Waals surface area contributed by atoms with Gasteiger partial charge in [-0.15, -0.1) is 0 Å². The van der Waals surface area contributed by atoms with Crippen LogP contribution in [0.1, 0.15) is 23.1 Å². The monoisotopic (exact) mass is 555 g/mol. The summed E-state index contributed by atoms with van der Waals surface area (Å²) < 4.78 is 8.18. The lowest BCUT2D eigenvalue weighted by Crippen LogP contribution is -2.30. The first-order valence-corrected chi connectivity index (χ1v) is 13.5. The molecular weight excluding hydrogens is 530 g/mol. The molecule has 2 heterocycles. The van der Waals surface area contributed by atoms with Crippen LogP contribution in [0.4, 0.5) is 0 Å². The van der Waals surface area contributed by atoms with Gasteiger partial charge in [0.25, 0.3) is 5.91 Å². The quantitative estimate of drug-likeness (QED) is 0.197. The molecule has 0 aliphatic carbocycles. The molecule has 1 aliphatic heterocycles. The maximum absolute atomic E-state index is 13.1. The van der Waals surface area contributed by atoms with Crippen LogP contribution in [0.15, 0.2) is 90.0 Å². The number of hydrogen-bond donors (Lipinski definition) is 1. The fraction of sp³-hybridized carbons (Fsp3) is 0.133. The molecule has 39 heavy (non-hydrogen) atoms. The van der Waals surface area contributed by atoms with Crippen LogP contribution in [-0.2, 0) is 16.2 Å². The molecule has 0 spiro atoms. The molecule has 1 fully saturated rings. The molecule has 1 amide bonds. The summed E-state index contributed by atoms with van der Waals surface area (Å²) in [6, 6.07) is 25.6. The minimum atomic E-state index is -0.982. The van der Waals surface area contributed by atoms with E-state index in [0.29, 0.717) is 27.3 Å². The van der Waals surface area contributed by atoms with E-state index < -0.39 is 5.97 Å². The Hall–Kier alpha value is -4.21. The number of carbonyl (C=O) groups is 2. The van der Waals surface area contributed by atoms with Crippen LogP contribution in [0.2, 0.25) is 0 Å². The SMILES string of the molecule is Cc1ccc(COc2cccc(-c3nn(-c4ccccc4)cc3/C=C3\SC(=S)N(CCC(=O)O)C3=O)c2)cc1. The number of hydrogen-bond acceptors (Lipinski definition) is 6. The highest BCUT2D eigenvalue weighted by Gasteiger charge is 2.32. The number of rotatable bonds is 9. The first-order chi connectivity index (χ1) is 18.9. The molecule has 5 rings (SSSR count). The third-order valence-corrected chi connectivity index (χ3v) is 7.48. The molecule has 3 aromatic carbocycles. The number of carboxylic acids is 1. The van der Waals surface area contributed by atoms with Gasteiger partial charge in [-0.05, 0) is 42.8 Å². The zero-order chi connectivity index (χ0) is 27.4. The van der Waals surface area contributed by atoms with Crippen LogP contribution in [0, 0.1) is 6.92 Å². The number of thioether (sulfide) groups is 1. The summed E-state index contributed by atoms with van der Waals surface area (Å²) in [4.78, 5) is 25.8. The largest absolute Gasteiger partial charge is 0.489 e. The minimum absolute atomic E-state index is 0.0356. The standard InChI is InChI=1S/C30H25N3O4S2/c1-20-10-12-21(13-11-20)19-37-25-9-5-6-22(16-25)28-23(18-33(31-28)24-7-3-2-4-8-24)17-26-29(36)32(30(38)39-26)15-14-27(34)35/h2-13,16-18H,14-15,19H2,1H3,(H,34,35)/b26-17-. The number of amides is 1. The smallest absolute Gasteiger partial charge is 0.305 e. The topological polar surface area (TPSA) is 84.7 Å². The van der Waals surface area contributed by atoms with Crippen LogP contribution in [0.5, 0.6) is 5.75 Å². The van der Waals surface area contributed by atoms with E-state index in [-0.39, 0.29) is 18.9 Å². The van der Waals surface area contributed by atoms with Crippen molar-refractivity contribution in [3.8, 4) is 22.7 Å². The summed E-state index contributed by atoms with van der Waals surface area (Å²) in [5.41, 5.74) is 5.38. The lowest BCUT2D eigenvalue weighted by molar-refractivity contribution is -0.137. The van der Waals surface area contributed by atoms with Gasteiger partial charge in [-0.1, -0.05) is 84.1 Å². The first kappa shape index (κ1) is 26.4. The minimum Gasteiger partial charge on any atom is -0.489 e. The Balaban J connectivity index is 1.47. The molecule has 1 aromatic heterocycles. The zero-order valence-electron chi connectivity index (χ0n) is 21.1. The van der Waals surface area contributed by atoms with Gasteiger partial charge < -0.3 is 9.84 Å². The van der Waals surface area contributed by atoms with Gasteiger partial charge in [-0.2, -0.15) is 5.10 Å². The van der Waals surface area contributed by atoms with Crippen molar-refractivity contribution in [2.75, 3.05) is 6.54 Å². The molecule has 0 radical (unpaired) electrons. The molecule has 0 saturated carbocycles. The molecule has 0 bridgehead atoms. The molecule has 4 aromatic rings. The molecule has 7 nitrogen and oxygen atoms in total. The van der Waals surface area contributed by atoms with E-state index in [2.05, 4.69) is 12.1 Å². The lowest BCUT2D eigenvalue weighted by atomic mass is 10.1. The number of carbonyl (C=O) groups excluding carboxylic acids is 1. The van der Waals surface area contributed by atoms with Crippen LogP contribution < -0.4 is 4.74 Å². The van der Waals surface area contributed by atoms with Gasteiger partial charge in [0.05, 0.1) is 17.0 Å². The van der Waals surface area contributed by atoms with Gasteiger partial charge in [-0.3, -0.25) is 14.5 Å². The summed E-state index contributed by atoms with van der Waals surface area (Å²) in [6.07, 6.45) is 3.46. The predicted octanol–water partition coefficient (Wildman–Crippen LogP) is 6.10. The van der Waals surface area contributed by atoms with Crippen LogP contribution in [0.25, 0.3) is 23.0 Å². The van der Waals surface area contributed by atoms with Crippen molar-refractivity contribution in [2.24, 2.45) is 0 Å². The number of ether oxygens (including phenoxy) is 1. The normalized spacial score (nSPS) is 14.3. The molecule has 1 saturated heterocycles.